The second kappa shape index (κ2) is 9.48. The van der Waals surface area contributed by atoms with Crippen LogP contribution in [0, 0.1) is 0 Å². The fourth-order valence-electron chi connectivity index (χ4n) is 3.17. The standard InChI is InChI=1S/C20H15ClN8O6/c21-12-6-7-28(15(12)18(31)25-11-4-2-1-3-5-11)26-13(30)8-27-10-24-14-16(27)22-9-23-17(14)29(19(32)33)20(34)35/h1-7,9-10H,8H2,(H,25,31)(H,26,30)(H,32,33)(H,34,35). The maximum absolute atomic E-state index is 12.7. The van der Waals surface area contributed by atoms with Crippen molar-refractivity contribution in [3.05, 3.63) is 66.0 Å². The topological polar surface area (TPSA) is 185 Å². The van der Waals surface area contributed by atoms with Crippen molar-refractivity contribution in [2.24, 2.45) is 0 Å². The van der Waals surface area contributed by atoms with E-state index in [0.29, 0.717) is 5.69 Å². The van der Waals surface area contributed by atoms with E-state index in [-0.39, 0.29) is 33.3 Å². The maximum Gasteiger partial charge on any atom is 0.422 e. The fourth-order valence-corrected chi connectivity index (χ4v) is 3.40. The number of rotatable bonds is 6. The van der Waals surface area contributed by atoms with Gasteiger partial charge in [0.05, 0.1) is 11.3 Å². The number of hydrogen-bond donors (Lipinski definition) is 4. The first-order valence-corrected chi connectivity index (χ1v) is 10.1. The summed E-state index contributed by atoms with van der Waals surface area (Å²) in [5, 5.41) is 21.1. The maximum atomic E-state index is 12.7. The lowest BCUT2D eigenvalue weighted by Crippen LogP contribution is -2.35. The first kappa shape index (κ1) is 23.2. The summed E-state index contributed by atoms with van der Waals surface area (Å²) >= 11 is 6.14. The van der Waals surface area contributed by atoms with Gasteiger partial charge in [0.25, 0.3) is 11.8 Å². The molecule has 0 aliphatic carbocycles. The van der Waals surface area contributed by atoms with Gasteiger partial charge in [-0.2, -0.15) is 4.90 Å². The van der Waals surface area contributed by atoms with Gasteiger partial charge in [-0.3, -0.25) is 19.7 Å². The first-order chi connectivity index (χ1) is 16.8. The number of aromatic nitrogens is 5. The number of carbonyl (C=O) groups is 4. The minimum atomic E-state index is -1.78. The van der Waals surface area contributed by atoms with E-state index in [1.807, 2.05) is 0 Å². The molecule has 0 spiro atoms. The molecular formula is C20H15ClN8O6. The largest absolute Gasteiger partial charge is 0.464 e. The van der Waals surface area contributed by atoms with Crippen LogP contribution in [0.3, 0.4) is 0 Å². The molecule has 0 radical (unpaired) electrons. The predicted molar refractivity (Wildman–Crippen MR) is 122 cm³/mol. The molecule has 0 saturated carbocycles. The van der Waals surface area contributed by atoms with Crippen LogP contribution in [0.1, 0.15) is 10.5 Å². The lowest BCUT2D eigenvalue weighted by molar-refractivity contribution is -0.117. The Morgan fingerprint density at radius 3 is 2.40 bits per heavy atom. The van der Waals surface area contributed by atoms with Crippen molar-refractivity contribution in [2.45, 2.75) is 6.54 Å². The van der Waals surface area contributed by atoms with Crippen LogP contribution in [-0.4, -0.2) is 58.4 Å². The number of fused-ring (bicyclic) bond motifs is 1. The SMILES string of the molecule is O=C(Cn1cnc2c(N(C(=O)O)C(=O)O)ncnc21)Nn1ccc(Cl)c1C(=O)Nc1ccccc1. The third-order valence-electron chi connectivity index (χ3n) is 4.62. The average molecular weight is 499 g/mol. The quantitative estimate of drug-likeness (QED) is 0.310. The second-order valence-electron chi connectivity index (χ2n) is 6.88. The highest BCUT2D eigenvalue weighted by Crippen LogP contribution is 2.22. The number of nitrogens with zero attached hydrogens (tertiary/aromatic N) is 6. The highest BCUT2D eigenvalue weighted by atomic mass is 35.5. The van der Waals surface area contributed by atoms with Crippen LogP contribution in [0.15, 0.2) is 55.2 Å². The number of benzene rings is 1. The zero-order valence-electron chi connectivity index (χ0n) is 17.5. The molecule has 4 N–H and O–H groups in total. The highest BCUT2D eigenvalue weighted by Gasteiger charge is 2.28. The Bertz CT molecular complexity index is 1440. The lowest BCUT2D eigenvalue weighted by Gasteiger charge is -2.13. The van der Waals surface area contributed by atoms with Gasteiger partial charge in [-0.15, -0.1) is 0 Å². The van der Waals surface area contributed by atoms with E-state index in [9.17, 15) is 29.4 Å². The summed E-state index contributed by atoms with van der Waals surface area (Å²) < 4.78 is 2.41. The van der Waals surface area contributed by atoms with E-state index in [1.165, 1.54) is 23.2 Å². The third-order valence-corrected chi connectivity index (χ3v) is 4.92. The summed E-state index contributed by atoms with van der Waals surface area (Å²) in [6.45, 7) is -0.358. The Labute approximate surface area is 200 Å². The number of imide groups is 1. The number of hydrogen-bond acceptors (Lipinski definition) is 7. The van der Waals surface area contributed by atoms with Gasteiger partial charge in [0, 0.05) is 11.9 Å². The van der Waals surface area contributed by atoms with Gasteiger partial charge in [0.2, 0.25) is 0 Å². The molecule has 0 fully saturated rings. The summed E-state index contributed by atoms with van der Waals surface area (Å²) in [6.07, 6.45) is -0.0455. The van der Waals surface area contributed by atoms with Gasteiger partial charge in [0.1, 0.15) is 18.6 Å². The molecule has 14 nitrogen and oxygen atoms in total. The Balaban J connectivity index is 1.55. The number of anilines is 2. The first-order valence-electron chi connectivity index (χ1n) is 9.71. The monoisotopic (exact) mass is 498 g/mol. The van der Waals surface area contributed by atoms with Gasteiger partial charge in [-0.1, -0.05) is 29.8 Å². The molecule has 0 saturated heterocycles. The molecule has 0 atom stereocenters. The summed E-state index contributed by atoms with van der Waals surface area (Å²) in [6, 6.07) is 10.1. The van der Waals surface area contributed by atoms with Crippen LogP contribution in [0.25, 0.3) is 11.2 Å². The van der Waals surface area contributed by atoms with Crippen LogP contribution in [0.4, 0.5) is 21.1 Å². The van der Waals surface area contributed by atoms with Crippen molar-refractivity contribution >= 4 is 58.3 Å². The Morgan fingerprint density at radius 2 is 1.71 bits per heavy atom. The third kappa shape index (κ3) is 4.72. The van der Waals surface area contributed by atoms with Crippen LogP contribution in [0.5, 0.6) is 0 Å². The summed E-state index contributed by atoms with van der Waals surface area (Å²) in [7, 11) is 0. The number of imidazole rings is 1. The molecule has 0 unspecified atom stereocenters. The van der Waals surface area contributed by atoms with E-state index >= 15 is 0 Å². The molecule has 4 amide bonds. The molecule has 35 heavy (non-hydrogen) atoms. The van der Waals surface area contributed by atoms with Crippen molar-refractivity contribution in [3.8, 4) is 0 Å². The minimum absolute atomic E-state index is 0.0115. The van der Waals surface area contributed by atoms with Crippen LogP contribution >= 0.6 is 11.6 Å². The summed E-state index contributed by atoms with van der Waals surface area (Å²) in [4.78, 5) is 59.6. The molecule has 0 aliphatic rings. The predicted octanol–water partition coefficient (Wildman–Crippen LogP) is 2.47. The number of nitrogens with one attached hydrogen (secondary N) is 2. The number of halogens is 1. The Hall–Kier alpha value is -4.98. The minimum Gasteiger partial charge on any atom is -0.464 e. The Kier molecular flexibility index (Phi) is 6.28. The number of carbonyl (C=O) groups excluding carboxylic acids is 2. The fraction of sp³-hybridized carbons (Fsp3) is 0.0500. The average Bonchev–Trinajstić information content (AvgIpc) is 3.37. The lowest BCUT2D eigenvalue weighted by atomic mass is 10.3. The van der Waals surface area contributed by atoms with Crippen LogP contribution < -0.4 is 15.6 Å². The highest BCUT2D eigenvalue weighted by molar-refractivity contribution is 6.34. The molecule has 4 aromatic rings. The van der Waals surface area contributed by atoms with Crippen molar-refractivity contribution < 1.29 is 29.4 Å². The van der Waals surface area contributed by atoms with Gasteiger partial charge >= 0.3 is 12.2 Å². The smallest absolute Gasteiger partial charge is 0.422 e. The van der Waals surface area contributed by atoms with Gasteiger partial charge in [-0.25, -0.2) is 24.5 Å². The number of para-hydroxylation sites is 1. The molecule has 0 aliphatic heterocycles. The summed E-state index contributed by atoms with van der Waals surface area (Å²) in [5.74, 6) is -1.65. The zero-order valence-corrected chi connectivity index (χ0v) is 18.2. The van der Waals surface area contributed by atoms with E-state index < -0.39 is 29.8 Å². The number of amides is 4. The number of carboxylic acid groups (broad SMARTS) is 2. The molecule has 178 valence electrons. The molecule has 15 heteroatoms. The van der Waals surface area contributed by atoms with E-state index in [1.54, 1.807) is 30.3 Å². The van der Waals surface area contributed by atoms with E-state index in [4.69, 9.17) is 11.6 Å². The van der Waals surface area contributed by atoms with Gasteiger partial charge in [0.15, 0.2) is 17.0 Å². The van der Waals surface area contributed by atoms with Crippen LogP contribution in [0.2, 0.25) is 5.02 Å². The van der Waals surface area contributed by atoms with Gasteiger partial charge in [-0.05, 0) is 18.2 Å². The zero-order chi connectivity index (χ0) is 25.1. The van der Waals surface area contributed by atoms with Crippen molar-refractivity contribution in [2.75, 3.05) is 15.6 Å². The van der Waals surface area contributed by atoms with Crippen molar-refractivity contribution in [1.29, 1.82) is 0 Å². The molecule has 3 aromatic heterocycles. The van der Waals surface area contributed by atoms with Crippen LogP contribution in [-0.2, 0) is 11.3 Å². The molecule has 1 aromatic carbocycles. The van der Waals surface area contributed by atoms with Crippen molar-refractivity contribution in [3.63, 3.8) is 0 Å². The van der Waals surface area contributed by atoms with E-state index in [0.717, 1.165) is 11.0 Å². The van der Waals surface area contributed by atoms with E-state index in [2.05, 4.69) is 25.7 Å². The summed E-state index contributed by atoms with van der Waals surface area (Å²) in [5.41, 5.74) is 2.91. The molecule has 0 bridgehead atoms. The molecule has 3 heterocycles. The normalized spacial score (nSPS) is 10.7. The molecular weight excluding hydrogens is 484 g/mol. The van der Waals surface area contributed by atoms with Gasteiger partial charge < -0.3 is 20.1 Å². The molecule has 4 rings (SSSR count). The van der Waals surface area contributed by atoms with Crippen molar-refractivity contribution in [1.82, 2.24) is 24.2 Å². The second-order valence-corrected chi connectivity index (χ2v) is 7.29. The Morgan fingerprint density at radius 1 is 1.00 bits per heavy atom.